The number of hydrogen-bond acceptors (Lipinski definition) is 6. The fourth-order valence-electron chi connectivity index (χ4n) is 1.81. The minimum atomic E-state index is -1.16. The van der Waals surface area contributed by atoms with Gasteiger partial charge in [-0.2, -0.15) is 5.10 Å². The second kappa shape index (κ2) is 4.96. The van der Waals surface area contributed by atoms with Gasteiger partial charge in [0.1, 0.15) is 15.2 Å². The molecule has 0 saturated heterocycles. The van der Waals surface area contributed by atoms with Crippen LogP contribution in [0.3, 0.4) is 0 Å². The molecule has 0 bridgehead atoms. The Kier molecular flexibility index (Phi) is 3.58. The van der Waals surface area contributed by atoms with Crippen molar-refractivity contribution in [2.45, 2.75) is 33.2 Å². The van der Waals surface area contributed by atoms with E-state index < -0.39 is 17.4 Å². The molecule has 0 aliphatic heterocycles. The van der Waals surface area contributed by atoms with E-state index in [0.29, 0.717) is 15.4 Å². The lowest BCUT2D eigenvalue weighted by Crippen LogP contribution is -2.52. The standard InChI is InChI=1S/C13H17N5O2S/c1-5-6(2)17-18-11-7(5)8(14)9(21-11)10(19)16-13(3,4)12(15)20/h14H2,1-4H3,(H2,15,20)(H,16,19). The van der Waals surface area contributed by atoms with Crippen molar-refractivity contribution < 1.29 is 9.59 Å². The summed E-state index contributed by atoms with van der Waals surface area (Å²) < 4.78 is 0. The smallest absolute Gasteiger partial charge is 0.264 e. The van der Waals surface area contributed by atoms with Crippen LogP contribution in [0.1, 0.15) is 34.8 Å². The second-order valence-electron chi connectivity index (χ2n) is 5.38. The predicted molar refractivity (Wildman–Crippen MR) is 82.0 cm³/mol. The summed E-state index contributed by atoms with van der Waals surface area (Å²) in [6, 6.07) is 0. The summed E-state index contributed by atoms with van der Waals surface area (Å²) in [6.07, 6.45) is 0. The summed E-state index contributed by atoms with van der Waals surface area (Å²) in [6.45, 7) is 6.77. The molecule has 0 aliphatic rings. The molecule has 0 fully saturated rings. The Labute approximate surface area is 125 Å². The molecule has 0 spiro atoms. The van der Waals surface area contributed by atoms with Crippen LogP contribution in [0.2, 0.25) is 0 Å². The molecule has 2 rings (SSSR count). The van der Waals surface area contributed by atoms with Crippen LogP contribution in [0, 0.1) is 13.8 Å². The number of nitrogens with two attached hydrogens (primary N) is 2. The first-order chi connectivity index (χ1) is 9.65. The zero-order valence-corrected chi connectivity index (χ0v) is 13.1. The number of anilines is 1. The number of nitrogens with zero attached hydrogens (tertiary/aromatic N) is 2. The van der Waals surface area contributed by atoms with Crippen LogP contribution in [0.15, 0.2) is 0 Å². The van der Waals surface area contributed by atoms with Crippen LogP contribution in [-0.2, 0) is 4.79 Å². The molecule has 2 heterocycles. The number of aromatic nitrogens is 2. The summed E-state index contributed by atoms with van der Waals surface area (Å²) in [4.78, 5) is 24.5. The van der Waals surface area contributed by atoms with E-state index >= 15 is 0 Å². The fourth-order valence-corrected chi connectivity index (χ4v) is 2.81. The number of nitrogens with one attached hydrogen (secondary N) is 1. The van der Waals surface area contributed by atoms with Gasteiger partial charge in [0.25, 0.3) is 5.91 Å². The van der Waals surface area contributed by atoms with Crippen LogP contribution >= 0.6 is 11.3 Å². The fraction of sp³-hybridized carbons (Fsp3) is 0.385. The zero-order valence-electron chi connectivity index (χ0n) is 12.3. The molecule has 8 heteroatoms. The normalized spacial score (nSPS) is 11.6. The van der Waals surface area contributed by atoms with Crippen molar-refractivity contribution in [1.29, 1.82) is 0 Å². The monoisotopic (exact) mass is 307 g/mol. The molecule has 0 unspecified atom stereocenters. The van der Waals surface area contributed by atoms with Crippen LogP contribution < -0.4 is 16.8 Å². The summed E-state index contributed by atoms with van der Waals surface area (Å²) in [5.41, 5.74) is 12.2. The molecule has 112 valence electrons. The van der Waals surface area contributed by atoms with Crippen molar-refractivity contribution in [2.24, 2.45) is 5.73 Å². The van der Waals surface area contributed by atoms with Crippen molar-refractivity contribution in [3.05, 3.63) is 16.1 Å². The van der Waals surface area contributed by atoms with Crippen LogP contribution in [-0.4, -0.2) is 27.6 Å². The highest BCUT2D eigenvalue weighted by molar-refractivity contribution is 7.21. The van der Waals surface area contributed by atoms with E-state index in [1.165, 1.54) is 13.8 Å². The number of amides is 2. The zero-order chi connectivity index (χ0) is 15.9. The average molecular weight is 307 g/mol. The number of thiophene rings is 1. The van der Waals surface area contributed by atoms with Gasteiger partial charge in [-0.1, -0.05) is 0 Å². The van der Waals surface area contributed by atoms with E-state index in [0.717, 1.165) is 28.0 Å². The van der Waals surface area contributed by atoms with Gasteiger partial charge in [0, 0.05) is 5.39 Å². The third-order valence-electron chi connectivity index (χ3n) is 3.38. The topological polar surface area (TPSA) is 124 Å². The minimum Gasteiger partial charge on any atom is -0.397 e. The Morgan fingerprint density at radius 3 is 2.43 bits per heavy atom. The van der Waals surface area contributed by atoms with E-state index in [1.807, 2.05) is 13.8 Å². The van der Waals surface area contributed by atoms with Gasteiger partial charge in [0.2, 0.25) is 5.91 Å². The maximum Gasteiger partial charge on any atom is 0.264 e. The van der Waals surface area contributed by atoms with Crippen LogP contribution in [0.5, 0.6) is 0 Å². The van der Waals surface area contributed by atoms with E-state index in [4.69, 9.17) is 11.5 Å². The second-order valence-corrected chi connectivity index (χ2v) is 6.38. The maximum atomic E-state index is 12.3. The molecular formula is C13H17N5O2S. The van der Waals surface area contributed by atoms with Crippen molar-refractivity contribution in [3.63, 3.8) is 0 Å². The number of aryl methyl sites for hydroxylation is 2. The molecule has 0 aromatic carbocycles. The molecular weight excluding hydrogens is 290 g/mol. The van der Waals surface area contributed by atoms with E-state index in [2.05, 4.69) is 15.5 Å². The first-order valence-corrected chi connectivity index (χ1v) is 7.11. The van der Waals surface area contributed by atoms with Gasteiger partial charge < -0.3 is 16.8 Å². The molecule has 2 aromatic heterocycles. The molecule has 21 heavy (non-hydrogen) atoms. The number of carbonyl (C=O) groups excluding carboxylic acids is 2. The third kappa shape index (κ3) is 2.54. The van der Waals surface area contributed by atoms with Gasteiger partial charge in [0.15, 0.2) is 0 Å². The van der Waals surface area contributed by atoms with Gasteiger partial charge in [-0.3, -0.25) is 9.59 Å². The van der Waals surface area contributed by atoms with Crippen molar-refractivity contribution >= 4 is 39.1 Å². The van der Waals surface area contributed by atoms with Gasteiger partial charge in [-0.05, 0) is 33.3 Å². The first-order valence-electron chi connectivity index (χ1n) is 6.29. The van der Waals surface area contributed by atoms with E-state index in [-0.39, 0.29) is 0 Å². The lowest BCUT2D eigenvalue weighted by atomic mass is 10.0. The Balaban J connectivity index is 2.49. The molecule has 2 aromatic rings. The van der Waals surface area contributed by atoms with Crippen molar-refractivity contribution in [1.82, 2.24) is 15.5 Å². The average Bonchev–Trinajstić information content (AvgIpc) is 2.71. The third-order valence-corrected chi connectivity index (χ3v) is 4.47. The van der Waals surface area contributed by atoms with Crippen molar-refractivity contribution in [3.8, 4) is 0 Å². The highest BCUT2D eigenvalue weighted by Crippen LogP contribution is 2.34. The van der Waals surface area contributed by atoms with Crippen LogP contribution in [0.25, 0.3) is 10.2 Å². The highest BCUT2D eigenvalue weighted by Gasteiger charge is 2.29. The number of fused-ring (bicyclic) bond motifs is 1. The molecule has 2 amide bonds. The molecule has 0 atom stereocenters. The predicted octanol–water partition coefficient (Wildman–Crippen LogP) is 0.884. The van der Waals surface area contributed by atoms with Gasteiger partial charge in [0.05, 0.1) is 11.4 Å². The number of carbonyl (C=O) groups is 2. The number of rotatable bonds is 3. The Morgan fingerprint density at radius 2 is 1.86 bits per heavy atom. The molecule has 5 N–H and O–H groups in total. The molecule has 7 nitrogen and oxygen atoms in total. The molecule has 0 saturated carbocycles. The first kappa shape index (κ1) is 15.2. The number of nitrogen functional groups attached to an aromatic ring is 1. The van der Waals surface area contributed by atoms with Gasteiger partial charge >= 0.3 is 0 Å². The van der Waals surface area contributed by atoms with Gasteiger partial charge in [-0.25, -0.2) is 0 Å². The molecule has 0 aliphatic carbocycles. The van der Waals surface area contributed by atoms with E-state index in [1.54, 1.807) is 0 Å². The minimum absolute atomic E-state index is 0.308. The number of primary amides is 1. The summed E-state index contributed by atoms with van der Waals surface area (Å²) in [5, 5.41) is 11.4. The Bertz CT molecular complexity index is 751. The van der Waals surface area contributed by atoms with Crippen molar-refractivity contribution in [2.75, 3.05) is 5.73 Å². The Hall–Kier alpha value is -2.22. The summed E-state index contributed by atoms with van der Waals surface area (Å²) in [7, 11) is 0. The lowest BCUT2D eigenvalue weighted by Gasteiger charge is -2.21. The lowest BCUT2D eigenvalue weighted by molar-refractivity contribution is -0.122. The largest absolute Gasteiger partial charge is 0.397 e. The highest BCUT2D eigenvalue weighted by atomic mass is 32.1. The van der Waals surface area contributed by atoms with Gasteiger partial charge in [-0.15, -0.1) is 16.4 Å². The molecule has 0 radical (unpaired) electrons. The van der Waals surface area contributed by atoms with E-state index in [9.17, 15) is 9.59 Å². The number of hydrogen-bond donors (Lipinski definition) is 3. The SMILES string of the molecule is Cc1nnc2sc(C(=O)NC(C)(C)C(N)=O)c(N)c2c1C. The Morgan fingerprint density at radius 1 is 1.24 bits per heavy atom. The maximum absolute atomic E-state index is 12.3. The summed E-state index contributed by atoms with van der Waals surface area (Å²) in [5.74, 6) is -1.07. The quantitative estimate of drug-likeness (QED) is 0.776. The van der Waals surface area contributed by atoms with Crippen LogP contribution in [0.4, 0.5) is 5.69 Å². The summed E-state index contributed by atoms with van der Waals surface area (Å²) >= 11 is 1.14.